The number of nitrogens with one attached hydrogen (secondary N) is 1. The van der Waals surface area contributed by atoms with Crippen molar-refractivity contribution in [1.82, 2.24) is 10.2 Å². The van der Waals surface area contributed by atoms with Crippen LogP contribution in [0.3, 0.4) is 0 Å². The van der Waals surface area contributed by atoms with E-state index in [1.165, 1.54) is 12.0 Å². The molecule has 0 radical (unpaired) electrons. The van der Waals surface area contributed by atoms with E-state index in [-0.39, 0.29) is 24.8 Å². The van der Waals surface area contributed by atoms with E-state index in [0.29, 0.717) is 28.3 Å². The number of methoxy groups -OCH3 is 1. The van der Waals surface area contributed by atoms with Gasteiger partial charge in [0, 0.05) is 18.1 Å². The van der Waals surface area contributed by atoms with Gasteiger partial charge in [0.1, 0.15) is 11.8 Å². The van der Waals surface area contributed by atoms with Gasteiger partial charge in [0.15, 0.2) is 6.61 Å². The molecular formula is C15H16BrClN2O5. The Morgan fingerprint density at radius 1 is 1.46 bits per heavy atom. The van der Waals surface area contributed by atoms with E-state index in [1.54, 1.807) is 18.2 Å². The zero-order valence-corrected chi connectivity index (χ0v) is 15.2. The SMILES string of the molecule is COC(=O)C[C@H]1C(=O)NCCN1C(=O)COc1ccc(Cl)cc1Br. The molecule has 1 fully saturated rings. The molecule has 1 aliphatic rings. The van der Waals surface area contributed by atoms with Crippen LogP contribution in [0.5, 0.6) is 5.75 Å². The Labute approximate surface area is 152 Å². The maximum atomic E-state index is 12.4. The number of rotatable bonds is 5. The van der Waals surface area contributed by atoms with Gasteiger partial charge in [-0.2, -0.15) is 0 Å². The number of benzene rings is 1. The molecule has 24 heavy (non-hydrogen) atoms. The molecule has 0 unspecified atom stereocenters. The summed E-state index contributed by atoms with van der Waals surface area (Å²) >= 11 is 9.15. The van der Waals surface area contributed by atoms with Crippen molar-refractivity contribution < 1.29 is 23.9 Å². The first-order valence-corrected chi connectivity index (χ1v) is 8.31. The number of carbonyl (C=O) groups excluding carboxylic acids is 3. The fraction of sp³-hybridized carbons (Fsp3) is 0.400. The molecule has 1 saturated heterocycles. The van der Waals surface area contributed by atoms with Crippen LogP contribution in [0.15, 0.2) is 22.7 Å². The minimum atomic E-state index is -0.893. The van der Waals surface area contributed by atoms with E-state index >= 15 is 0 Å². The van der Waals surface area contributed by atoms with Gasteiger partial charge in [-0.05, 0) is 34.1 Å². The molecule has 0 saturated carbocycles. The van der Waals surface area contributed by atoms with E-state index in [4.69, 9.17) is 16.3 Å². The molecule has 0 aromatic heterocycles. The molecule has 1 atom stereocenters. The molecule has 2 amide bonds. The number of piperazine rings is 1. The molecule has 9 heteroatoms. The number of carbonyl (C=O) groups is 3. The number of amides is 2. The highest BCUT2D eigenvalue weighted by Gasteiger charge is 2.35. The highest BCUT2D eigenvalue weighted by molar-refractivity contribution is 9.10. The average Bonchev–Trinajstić information content (AvgIpc) is 2.55. The molecule has 130 valence electrons. The lowest BCUT2D eigenvalue weighted by Crippen LogP contribution is -2.58. The standard InChI is InChI=1S/C15H16BrClN2O5/c1-23-14(21)7-11-15(22)18-4-5-19(11)13(20)8-24-12-3-2-9(17)6-10(12)16/h2-3,6,11H,4-5,7-8H2,1H3,(H,18,22)/t11-/m0/s1. The third-order valence-corrected chi connectivity index (χ3v) is 4.34. The number of esters is 1. The first kappa shape index (κ1) is 18.5. The van der Waals surface area contributed by atoms with Gasteiger partial charge in [-0.15, -0.1) is 0 Å². The van der Waals surface area contributed by atoms with Crippen LogP contribution in [0.2, 0.25) is 5.02 Å². The van der Waals surface area contributed by atoms with Crippen LogP contribution in [0.1, 0.15) is 6.42 Å². The van der Waals surface area contributed by atoms with E-state index in [2.05, 4.69) is 26.0 Å². The van der Waals surface area contributed by atoms with E-state index in [9.17, 15) is 14.4 Å². The summed E-state index contributed by atoms with van der Waals surface area (Å²) in [5.41, 5.74) is 0. The number of hydrogen-bond acceptors (Lipinski definition) is 5. The highest BCUT2D eigenvalue weighted by atomic mass is 79.9. The third kappa shape index (κ3) is 4.61. The number of nitrogens with zero attached hydrogens (tertiary/aromatic N) is 1. The second-order valence-electron chi connectivity index (χ2n) is 5.04. The molecule has 0 aliphatic carbocycles. The second kappa shape index (κ2) is 8.34. The summed E-state index contributed by atoms with van der Waals surface area (Å²) in [6.07, 6.45) is -0.196. The van der Waals surface area contributed by atoms with Gasteiger partial charge < -0.3 is 19.7 Å². The monoisotopic (exact) mass is 418 g/mol. The minimum Gasteiger partial charge on any atom is -0.483 e. The Balaban J connectivity index is 2.03. The molecule has 1 aromatic carbocycles. The number of hydrogen-bond donors (Lipinski definition) is 1. The van der Waals surface area contributed by atoms with Crippen molar-refractivity contribution in [1.29, 1.82) is 0 Å². The summed E-state index contributed by atoms with van der Waals surface area (Å²) in [6, 6.07) is 4.03. The summed E-state index contributed by atoms with van der Waals surface area (Å²) in [5.74, 6) is -0.872. The summed E-state index contributed by atoms with van der Waals surface area (Å²) in [5, 5.41) is 3.17. The normalized spacial score (nSPS) is 17.2. The molecule has 1 heterocycles. The quantitative estimate of drug-likeness (QED) is 0.729. The number of halogens is 2. The van der Waals surface area contributed by atoms with Crippen molar-refractivity contribution in [2.75, 3.05) is 26.8 Å². The smallest absolute Gasteiger partial charge is 0.308 e. The van der Waals surface area contributed by atoms with Crippen LogP contribution < -0.4 is 10.1 Å². The van der Waals surface area contributed by atoms with Gasteiger partial charge in [-0.25, -0.2) is 0 Å². The van der Waals surface area contributed by atoms with Gasteiger partial charge in [0.25, 0.3) is 5.91 Å². The third-order valence-electron chi connectivity index (χ3n) is 3.48. The fourth-order valence-electron chi connectivity index (χ4n) is 2.27. The predicted molar refractivity (Wildman–Crippen MR) is 89.8 cm³/mol. The molecule has 2 rings (SSSR count). The summed E-state index contributed by atoms with van der Waals surface area (Å²) in [7, 11) is 1.23. The zero-order valence-electron chi connectivity index (χ0n) is 12.9. The topological polar surface area (TPSA) is 84.9 Å². The zero-order chi connectivity index (χ0) is 17.7. The Morgan fingerprint density at radius 3 is 2.88 bits per heavy atom. The Hall–Kier alpha value is -1.80. The number of ether oxygens (including phenoxy) is 2. The lowest BCUT2D eigenvalue weighted by atomic mass is 10.1. The van der Waals surface area contributed by atoms with Crippen molar-refractivity contribution in [3.63, 3.8) is 0 Å². The largest absolute Gasteiger partial charge is 0.483 e. The summed E-state index contributed by atoms with van der Waals surface area (Å²) in [4.78, 5) is 37.1. The summed E-state index contributed by atoms with van der Waals surface area (Å²) < 4.78 is 10.7. The van der Waals surface area contributed by atoms with Gasteiger partial charge in [-0.3, -0.25) is 14.4 Å². The van der Waals surface area contributed by atoms with Gasteiger partial charge >= 0.3 is 5.97 Å². The van der Waals surface area contributed by atoms with E-state index in [1.807, 2.05) is 0 Å². The minimum absolute atomic E-state index is 0.196. The van der Waals surface area contributed by atoms with Crippen molar-refractivity contribution in [3.8, 4) is 5.75 Å². The maximum absolute atomic E-state index is 12.4. The lowest BCUT2D eigenvalue weighted by molar-refractivity contribution is -0.151. The Kier molecular flexibility index (Phi) is 6.44. The first-order valence-electron chi connectivity index (χ1n) is 7.14. The van der Waals surface area contributed by atoms with Crippen molar-refractivity contribution in [2.45, 2.75) is 12.5 Å². The van der Waals surface area contributed by atoms with Crippen LogP contribution in [-0.2, 0) is 19.1 Å². The molecule has 7 nitrogen and oxygen atoms in total. The van der Waals surface area contributed by atoms with Crippen molar-refractivity contribution in [3.05, 3.63) is 27.7 Å². The van der Waals surface area contributed by atoms with Gasteiger partial charge in [0.2, 0.25) is 5.91 Å². The average molecular weight is 420 g/mol. The Morgan fingerprint density at radius 2 is 2.21 bits per heavy atom. The molecule has 1 N–H and O–H groups in total. The van der Waals surface area contributed by atoms with Crippen molar-refractivity contribution in [2.24, 2.45) is 0 Å². The lowest BCUT2D eigenvalue weighted by Gasteiger charge is -2.34. The molecule has 0 spiro atoms. The second-order valence-corrected chi connectivity index (χ2v) is 6.33. The Bertz CT molecular complexity index is 655. The van der Waals surface area contributed by atoms with Crippen molar-refractivity contribution >= 4 is 45.3 Å². The highest BCUT2D eigenvalue weighted by Crippen LogP contribution is 2.28. The van der Waals surface area contributed by atoms with Gasteiger partial charge in [-0.1, -0.05) is 11.6 Å². The molecule has 1 aliphatic heterocycles. The predicted octanol–water partition coefficient (Wildman–Crippen LogP) is 1.37. The van der Waals surface area contributed by atoms with Crippen LogP contribution in [0.4, 0.5) is 0 Å². The van der Waals surface area contributed by atoms with Crippen LogP contribution in [-0.4, -0.2) is 55.5 Å². The van der Waals surface area contributed by atoms with Crippen LogP contribution in [0.25, 0.3) is 0 Å². The van der Waals surface area contributed by atoms with E-state index in [0.717, 1.165) is 0 Å². The summed E-state index contributed by atoms with van der Waals surface area (Å²) in [6.45, 7) is 0.370. The molecular weight excluding hydrogens is 404 g/mol. The maximum Gasteiger partial charge on any atom is 0.308 e. The molecule has 1 aromatic rings. The van der Waals surface area contributed by atoms with Crippen LogP contribution >= 0.6 is 27.5 Å². The van der Waals surface area contributed by atoms with Crippen LogP contribution in [0, 0.1) is 0 Å². The fourth-order valence-corrected chi connectivity index (χ4v) is 3.07. The molecule has 0 bridgehead atoms. The van der Waals surface area contributed by atoms with E-state index < -0.39 is 12.0 Å². The van der Waals surface area contributed by atoms with Gasteiger partial charge in [0.05, 0.1) is 18.0 Å². The first-order chi connectivity index (χ1) is 11.4.